The molecule has 4 atom stereocenters. The maximum absolute atomic E-state index is 13.7. The lowest BCUT2D eigenvalue weighted by Gasteiger charge is -2.36. The number of alkyl carbamates (subject to hydrolysis) is 1. The maximum Gasteiger partial charge on any atom is 0.407 e. The van der Waals surface area contributed by atoms with Crippen LogP contribution in [0.1, 0.15) is 49.1 Å². The number of aryl methyl sites for hydroxylation is 1. The van der Waals surface area contributed by atoms with Gasteiger partial charge in [-0.2, -0.15) is 0 Å². The van der Waals surface area contributed by atoms with Gasteiger partial charge in [0.05, 0.1) is 18.2 Å². The summed E-state index contributed by atoms with van der Waals surface area (Å²) in [5.41, 5.74) is 2.00. The van der Waals surface area contributed by atoms with Gasteiger partial charge in [-0.3, -0.25) is 4.21 Å². The molecule has 0 aromatic heterocycles. The van der Waals surface area contributed by atoms with Crippen molar-refractivity contribution in [1.82, 2.24) is 10.6 Å². The molecule has 9 heteroatoms. The van der Waals surface area contributed by atoms with Crippen molar-refractivity contribution in [3.63, 3.8) is 0 Å². The van der Waals surface area contributed by atoms with E-state index in [1.807, 2.05) is 12.1 Å². The van der Waals surface area contributed by atoms with Crippen molar-refractivity contribution in [2.45, 2.75) is 57.1 Å². The van der Waals surface area contributed by atoms with Crippen LogP contribution in [0.4, 0.5) is 13.6 Å². The second-order valence-electron chi connectivity index (χ2n) is 8.83. The van der Waals surface area contributed by atoms with Gasteiger partial charge in [0.1, 0.15) is 11.6 Å². The number of rotatable bonds is 9. The molecule has 0 saturated heterocycles. The number of hydrogen-bond donors (Lipinski definition) is 3. The standard InChI is InChI=1S/C25H32F2N2O4S.C2H2/c1-4-16-6-7-18-13-34(32)14-22(21(18)10-16)28-15-25(3,31)23(29-24(30)33-5-2)11-17-8-19(26)12-20(27)9-17;1-2/h6-10,12,22-23,28,31H,4-5,11,13-15H2,1-3H3,(H,29,30);1-2H/t22-,23-,25+,34?;/m0./s1. The third-order valence-electron chi connectivity index (χ3n) is 6.05. The first-order chi connectivity index (χ1) is 17.1. The normalized spacial score (nSPS) is 19.1. The van der Waals surface area contributed by atoms with E-state index in [1.165, 1.54) is 24.6 Å². The van der Waals surface area contributed by atoms with E-state index in [2.05, 4.69) is 36.5 Å². The predicted molar refractivity (Wildman–Crippen MR) is 138 cm³/mol. The minimum absolute atomic E-state index is 0.0185. The molecule has 3 rings (SSSR count). The second kappa shape index (κ2) is 13.5. The summed E-state index contributed by atoms with van der Waals surface area (Å²) >= 11 is 0. The van der Waals surface area contributed by atoms with Crippen molar-refractivity contribution < 1.29 is 27.6 Å². The highest BCUT2D eigenvalue weighted by molar-refractivity contribution is 7.84. The fraction of sp³-hybridized carbons (Fsp3) is 0.444. The molecule has 1 unspecified atom stereocenters. The predicted octanol–water partition coefficient (Wildman–Crippen LogP) is 3.78. The van der Waals surface area contributed by atoms with E-state index in [9.17, 15) is 22.9 Å². The van der Waals surface area contributed by atoms with Gasteiger partial charge in [-0.25, -0.2) is 13.6 Å². The molecule has 1 amide bonds. The maximum atomic E-state index is 13.7. The first-order valence-corrected chi connectivity index (χ1v) is 13.2. The van der Waals surface area contributed by atoms with E-state index >= 15 is 0 Å². The topological polar surface area (TPSA) is 87.7 Å². The Balaban J connectivity index is 0.00000222. The largest absolute Gasteiger partial charge is 0.450 e. The lowest BCUT2D eigenvalue weighted by Crippen LogP contribution is -2.57. The molecule has 1 aliphatic heterocycles. The minimum Gasteiger partial charge on any atom is -0.450 e. The molecular weight excluding hydrogens is 486 g/mol. The van der Waals surface area contributed by atoms with Gasteiger partial charge in [-0.05, 0) is 61.1 Å². The van der Waals surface area contributed by atoms with Gasteiger partial charge in [0.15, 0.2) is 0 Å². The summed E-state index contributed by atoms with van der Waals surface area (Å²) in [6, 6.07) is 8.09. The van der Waals surface area contributed by atoms with Crippen LogP contribution in [-0.2, 0) is 34.1 Å². The van der Waals surface area contributed by atoms with E-state index < -0.39 is 40.2 Å². The van der Waals surface area contributed by atoms with Crippen molar-refractivity contribution in [3.8, 4) is 12.8 Å². The zero-order chi connectivity index (χ0) is 26.9. The summed E-state index contributed by atoms with van der Waals surface area (Å²) < 4.78 is 44.9. The van der Waals surface area contributed by atoms with Crippen molar-refractivity contribution in [1.29, 1.82) is 0 Å². The Labute approximate surface area is 214 Å². The smallest absolute Gasteiger partial charge is 0.407 e. The number of terminal acetylenes is 1. The molecule has 0 spiro atoms. The van der Waals surface area contributed by atoms with Gasteiger partial charge in [-0.1, -0.05) is 25.1 Å². The molecule has 1 heterocycles. The molecule has 0 aliphatic carbocycles. The van der Waals surface area contributed by atoms with E-state index in [0.29, 0.717) is 11.5 Å². The van der Waals surface area contributed by atoms with Crippen molar-refractivity contribution in [2.24, 2.45) is 0 Å². The van der Waals surface area contributed by atoms with E-state index in [-0.39, 0.29) is 31.2 Å². The first-order valence-electron chi connectivity index (χ1n) is 11.7. The van der Waals surface area contributed by atoms with Crippen LogP contribution in [0.15, 0.2) is 36.4 Å². The molecule has 0 saturated carbocycles. The zero-order valence-electron chi connectivity index (χ0n) is 20.9. The fourth-order valence-electron chi connectivity index (χ4n) is 4.16. The lowest BCUT2D eigenvalue weighted by atomic mass is 9.89. The van der Waals surface area contributed by atoms with Crippen LogP contribution in [0.2, 0.25) is 0 Å². The number of amides is 1. The Morgan fingerprint density at radius 2 is 1.86 bits per heavy atom. The van der Waals surface area contributed by atoms with Gasteiger partial charge in [0.2, 0.25) is 0 Å². The SMILES string of the molecule is C#C.CCOC(=O)N[C@@H](Cc1cc(F)cc(F)c1)[C@](C)(O)CN[C@H]1CS(=O)Cc2ccc(CC)cc21. The highest BCUT2D eigenvalue weighted by atomic mass is 32.2. The molecule has 6 nitrogen and oxygen atoms in total. The Kier molecular flexibility index (Phi) is 11.0. The Bertz CT molecular complexity index is 1070. The zero-order valence-corrected chi connectivity index (χ0v) is 21.7. The summed E-state index contributed by atoms with van der Waals surface area (Å²) in [7, 11) is -1.04. The Morgan fingerprint density at radius 1 is 1.19 bits per heavy atom. The number of carbonyl (C=O) groups is 1. The summed E-state index contributed by atoms with van der Waals surface area (Å²) in [6.07, 6.45) is 8.12. The Morgan fingerprint density at radius 3 is 2.47 bits per heavy atom. The first kappa shape index (κ1) is 29.4. The highest BCUT2D eigenvalue weighted by Crippen LogP contribution is 2.28. The van der Waals surface area contributed by atoms with Crippen molar-refractivity contribution >= 4 is 16.9 Å². The summed E-state index contributed by atoms with van der Waals surface area (Å²) in [5, 5.41) is 17.3. The van der Waals surface area contributed by atoms with Crippen LogP contribution in [-0.4, -0.2) is 46.0 Å². The lowest BCUT2D eigenvalue weighted by molar-refractivity contribution is 0.0163. The summed E-state index contributed by atoms with van der Waals surface area (Å²) in [5.74, 6) is -0.584. The van der Waals surface area contributed by atoms with Gasteiger partial charge in [-0.15, -0.1) is 12.8 Å². The molecule has 0 fully saturated rings. The minimum atomic E-state index is -1.52. The number of hydrogen-bond acceptors (Lipinski definition) is 5. The number of benzene rings is 2. The highest BCUT2D eigenvalue weighted by Gasteiger charge is 2.35. The van der Waals surface area contributed by atoms with Gasteiger partial charge in [0, 0.05) is 41.0 Å². The van der Waals surface area contributed by atoms with Crippen LogP contribution in [0.25, 0.3) is 0 Å². The average molecular weight is 521 g/mol. The van der Waals surface area contributed by atoms with Crippen LogP contribution in [0, 0.1) is 24.5 Å². The average Bonchev–Trinajstić information content (AvgIpc) is 2.82. The molecule has 36 heavy (non-hydrogen) atoms. The number of halogens is 2. The summed E-state index contributed by atoms with van der Waals surface area (Å²) in [6.45, 7) is 5.44. The molecular formula is C27H34F2N2O4S. The van der Waals surface area contributed by atoms with Crippen LogP contribution < -0.4 is 10.6 Å². The molecule has 2 aromatic carbocycles. The van der Waals surface area contributed by atoms with E-state index in [4.69, 9.17) is 4.74 Å². The van der Waals surface area contributed by atoms with Crippen LogP contribution in [0.3, 0.4) is 0 Å². The quantitative estimate of drug-likeness (QED) is 0.438. The number of carbonyl (C=O) groups excluding carboxylic acids is 1. The molecule has 0 bridgehead atoms. The molecule has 2 aromatic rings. The molecule has 0 radical (unpaired) electrons. The number of ether oxygens (including phenoxy) is 1. The number of aliphatic hydroxyl groups is 1. The monoisotopic (exact) mass is 520 g/mol. The van der Waals surface area contributed by atoms with Gasteiger partial charge < -0.3 is 20.5 Å². The van der Waals surface area contributed by atoms with Crippen molar-refractivity contribution in [2.75, 3.05) is 18.9 Å². The number of fused-ring (bicyclic) bond motifs is 1. The van der Waals surface area contributed by atoms with Crippen LogP contribution in [0.5, 0.6) is 0 Å². The van der Waals surface area contributed by atoms with Crippen molar-refractivity contribution in [3.05, 3.63) is 70.3 Å². The van der Waals surface area contributed by atoms with E-state index in [0.717, 1.165) is 23.6 Å². The molecule has 3 N–H and O–H groups in total. The van der Waals surface area contributed by atoms with Gasteiger partial charge in [0.25, 0.3) is 0 Å². The molecule has 196 valence electrons. The Hall–Kier alpha value is -2.80. The second-order valence-corrected chi connectivity index (χ2v) is 10.3. The fourth-order valence-corrected chi connectivity index (χ4v) is 5.55. The van der Waals surface area contributed by atoms with E-state index in [1.54, 1.807) is 6.92 Å². The summed E-state index contributed by atoms with van der Waals surface area (Å²) in [4.78, 5) is 12.2. The third kappa shape index (κ3) is 8.12. The third-order valence-corrected chi connectivity index (χ3v) is 7.39. The van der Waals surface area contributed by atoms with Crippen LogP contribution >= 0.6 is 0 Å². The van der Waals surface area contributed by atoms with Gasteiger partial charge >= 0.3 is 6.09 Å². The number of nitrogens with one attached hydrogen (secondary N) is 2. The molecule has 1 aliphatic rings.